The second-order valence-electron chi connectivity index (χ2n) is 8.32. The summed E-state index contributed by atoms with van der Waals surface area (Å²) >= 11 is 0. The number of rotatable bonds is 3. The normalized spacial score (nSPS) is 26.9. The Hall–Kier alpha value is -1.65. The lowest BCUT2D eigenvalue weighted by Crippen LogP contribution is -2.61. The lowest BCUT2D eigenvalue weighted by Gasteiger charge is -2.53. The highest BCUT2D eigenvalue weighted by Gasteiger charge is 2.46. The Morgan fingerprint density at radius 1 is 1.23 bits per heavy atom. The molecule has 0 unspecified atom stereocenters. The molecule has 0 aliphatic carbocycles. The fourth-order valence-corrected chi connectivity index (χ4v) is 5.03. The number of piperidine rings is 2. The van der Waals surface area contributed by atoms with Crippen LogP contribution in [-0.2, 0) is 6.42 Å². The highest BCUT2D eigenvalue weighted by Crippen LogP contribution is 2.42. The summed E-state index contributed by atoms with van der Waals surface area (Å²) in [6.07, 6.45) is 4.45. The minimum absolute atomic E-state index is 0.0748. The number of aryl methyl sites for hydroxylation is 2. The number of aliphatic hydroxyl groups is 1. The molecule has 140 valence electrons. The van der Waals surface area contributed by atoms with Gasteiger partial charge >= 0.3 is 0 Å². The monoisotopic (exact) mass is 353 g/mol. The van der Waals surface area contributed by atoms with Gasteiger partial charge in [0.1, 0.15) is 5.82 Å². The first kappa shape index (κ1) is 17.7. The van der Waals surface area contributed by atoms with Crippen molar-refractivity contribution in [3.05, 3.63) is 35.4 Å². The predicted octanol–water partition coefficient (Wildman–Crippen LogP) is 3.39. The summed E-state index contributed by atoms with van der Waals surface area (Å²) in [5, 5.41) is 11.4. The van der Waals surface area contributed by atoms with Crippen molar-refractivity contribution in [2.75, 3.05) is 38.2 Å². The standard InChI is InChI=1S/C22H31N3O/c1-4-17-6-7-19-18(13-17)16(2)12-21(23-19)25-11-9-22(15-26)8-5-10-24(3)20(22)14-25/h6-7,12-13,20,26H,4-5,8-11,14-15H2,1-3H3/t20-,22-/m1/s1. The summed E-state index contributed by atoms with van der Waals surface area (Å²) in [6, 6.07) is 9.30. The number of fused-ring (bicyclic) bond motifs is 2. The molecule has 1 aromatic carbocycles. The summed E-state index contributed by atoms with van der Waals surface area (Å²) in [7, 11) is 2.21. The summed E-state index contributed by atoms with van der Waals surface area (Å²) in [4.78, 5) is 9.87. The van der Waals surface area contributed by atoms with Crippen molar-refractivity contribution >= 4 is 16.7 Å². The lowest BCUT2D eigenvalue weighted by molar-refractivity contribution is -0.0277. The van der Waals surface area contributed by atoms with Crippen molar-refractivity contribution in [3.63, 3.8) is 0 Å². The van der Waals surface area contributed by atoms with E-state index in [1.807, 2.05) is 0 Å². The average molecular weight is 354 g/mol. The Morgan fingerprint density at radius 3 is 2.85 bits per heavy atom. The fraction of sp³-hybridized carbons (Fsp3) is 0.591. The van der Waals surface area contributed by atoms with Crippen LogP contribution in [-0.4, -0.2) is 54.3 Å². The van der Waals surface area contributed by atoms with E-state index in [1.165, 1.54) is 22.9 Å². The first-order valence-electron chi connectivity index (χ1n) is 10.0. The van der Waals surface area contributed by atoms with E-state index < -0.39 is 0 Å². The molecule has 0 spiro atoms. The van der Waals surface area contributed by atoms with Crippen LogP contribution in [0.3, 0.4) is 0 Å². The highest BCUT2D eigenvalue weighted by atomic mass is 16.3. The number of aromatic nitrogens is 1. The maximum Gasteiger partial charge on any atom is 0.129 e. The van der Waals surface area contributed by atoms with Crippen molar-refractivity contribution in [1.82, 2.24) is 9.88 Å². The molecule has 4 rings (SSSR count). The maximum absolute atomic E-state index is 10.1. The first-order valence-corrected chi connectivity index (χ1v) is 10.0. The molecule has 0 saturated carbocycles. The van der Waals surface area contributed by atoms with Gasteiger partial charge in [-0.05, 0) is 75.5 Å². The van der Waals surface area contributed by atoms with Crippen LogP contribution in [0, 0.1) is 12.3 Å². The molecule has 2 aromatic rings. The smallest absolute Gasteiger partial charge is 0.129 e. The van der Waals surface area contributed by atoms with E-state index >= 15 is 0 Å². The quantitative estimate of drug-likeness (QED) is 0.918. The van der Waals surface area contributed by atoms with E-state index in [1.54, 1.807) is 0 Å². The van der Waals surface area contributed by atoms with Crippen molar-refractivity contribution in [3.8, 4) is 0 Å². The van der Waals surface area contributed by atoms with E-state index in [-0.39, 0.29) is 5.41 Å². The Morgan fingerprint density at radius 2 is 2.08 bits per heavy atom. The second kappa shape index (κ2) is 6.82. The van der Waals surface area contributed by atoms with Gasteiger partial charge in [0.2, 0.25) is 0 Å². The molecule has 0 bridgehead atoms. The molecule has 2 atom stereocenters. The number of hydrogen-bond donors (Lipinski definition) is 1. The largest absolute Gasteiger partial charge is 0.396 e. The van der Waals surface area contributed by atoms with Crippen LogP contribution in [0.15, 0.2) is 24.3 Å². The zero-order valence-corrected chi connectivity index (χ0v) is 16.3. The number of hydrogen-bond acceptors (Lipinski definition) is 4. The Bertz CT molecular complexity index is 805. The summed E-state index contributed by atoms with van der Waals surface area (Å²) in [5.74, 6) is 1.09. The molecule has 0 amide bonds. The lowest BCUT2D eigenvalue weighted by atomic mass is 9.69. The van der Waals surface area contributed by atoms with Gasteiger partial charge in [-0.1, -0.05) is 13.0 Å². The van der Waals surface area contributed by atoms with E-state index in [0.29, 0.717) is 12.6 Å². The number of benzene rings is 1. The number of nitrogens with zero attached hydrogens (tertiary/aromatic N) is 3. The number of likely N-dealkylation sites (tertiary alicyclic amines) is 1. The van der Waals surface area contributed by atoms with Crippen LogP contribution in [0.5, 0.6) is 0 Å². The van der Waals surface area contributed by atoms with E-state index in [4.69, 9.17) is 4.98 Å². The molecular formula is C22H31N3O. The van der Waals surface area contributed by atoms with E-state index in [0.717, 1.165) is 50.2 Å². The molecule has 4 nitrogen and oxygen atoms in total. The molecular weight excluding hydrogens is 322 g/mol. The third kappa shape index (κ3) is 2.89. The van der Waals surface area contributed by atoms with Crippen LogP contribution in [0.1, 0.15) is 37.3 Å². The summed E-state index contributed by atoms with van der Waals surface area (Å²) in [5.41, 5.74) is 3.83. The minimum atomic E-state index is 0.0748. The minimum Gasteiger partial charge on any atom is -0.396 e. The van der Waals surface area contributed by atoms with Crippen molar-refractivity contribution in [2.24, 2.45) is 5.41 Å². The second-order valence-corrected chi connectivity index (χ2v) is 8.32. The molecule has 4 heteroatoms. The molecule has 2 aliphatic heterocycles. The van der Waals surface area contributed by atoms with Crippen LogP contribution in [0.2, 0.25) is 0 Å². The van der Waals surface area contributed by atoms with Gasteiger partial charge in [0.25, 0.3) is 0 Å². The zero-order valence-electron chi connectivity index (χ0n) is 16.3. The molecule has 3 heterocycles. The van der Waals surface area contributed by atoms with Crippen molar-refractivity contribution in [1.29, 1.82) is 0 Å². The molecule has 2 saturated heterocycles. The van der Waals surface area contributed by atoms with Gasteiger partial charge in [0, 0.05) is 29.9 Å². The van der Waals surface area contributed by atoms with Crippen LogP contribution in [0.4, 0.5) is 5.82 Å². The van der Waals surface area contributed by atoms with Gasteiger partial charge in [-0.15, -0.1) is 0 Å². The van der Waals surface area contributed by atoms with Gasteiger partial charge < -0.3 is 14.9 Å². The third-order valence-corrected chi connectivity index (χ3v) is 6.81. The van der Waals surface area contributed by atoms with E-state index in [2.05, 4.69) is 55.0 Å². The van der Waals surface area contributed by atoms with Crippen LogP contribution < -0.4 is 4.90 Å². The molecule has 2 fully saturated rings. The molecule has 2 aliphatic rings. The molecule has 1 N–H and O–H groups in total. The topological polar surface area (TPSA) is 39.6 Å². The SMILES string of the molecule is CCc1ccc2nc(N3CC[C@@]4(CO)CCCN(C)[C@@H]4C3)cc(C)c2c1. The fourth-order valence-electron chi connectivity index (χ4n) is 5.03. The van der Waals surface area contributed by atoms with Gasteiger partial charge in [-0.25, -0.2) is 4.98 Å². The molecule has 1 aromatic heterocycles. The van der Waals surface area contributed by atoms with Gasteiger partial charge in [-0.2, -0.15) is 0 Å². The Balaban J connectivity index is 1.66. The average Bonchev–Trinajstić information content (AvgIpc) is 2.67. The van der Waals surface area contributed by atoms with Crippen molar-refractivity contribution in [2.45, 2.75) is 45.6 Å². The Labute approximate surface area is 156 Å². The number of likely N-dealkylation sites (N-methyl/N-ethyl adjacent to an activating group) is 1. The first-order chi connectivity index (χ1) is 12.6. The maximum atomic E-state index is 10.1. The Kier molecular flexibility index (Phi) is 4.66. The van der Waals surface area contributed by atoms with Crippen LogP contribution in [0.25, 0.3) is 10.9 Å². The van der Waals surface area contributed by atoms with Crippen LogP contribution >= 0.6 is 0 Å². The van der Waals surface area contributed by atoms with Crippen molar-refractivity contribution < 1.29 is 5.11 Å². The van der Waals surface area contributed by atoms with E-state index in [9.17, 15) is 5.11 Å². The molecule has 0 radical (unpaired) electrons. The summed E-state index contributed by atoms with van der Waals surface area (Å²) < 4.78 is 0. The predicted molar refractivity (Wildman–Crippen MR) is 108 cm³/mol. The third-order valence-electron chi connectivity index (χ3n) is 6.81. The highest BCUT2D eigenvalue weighted by molar-refractivity contribution is 5.84. The zero-order chi connectivity index (χ0) is 18.3. The van der Waals surface area contributed by atoms with Gasteiger partial charge in [0.05, 0.1) is 12.1 Å². The molecule has 26 heavy (non-hydrogen) atoms. The summed E-state index contributed by atoms with van der Waals surface area (Å²) in [6.45, 7) is 7.77. The number of aliphatic hydroxyl groups excluding tert-OH is 1. The number of anilines is 1. The number of pyridine rings is 1. The van der Waals surface area contributed by atoms with Gasteiger partial charge in [0.15, 0.2) is 0 Å². The van der Waals surface area contributed by atoms with Gasteiger partial charge in [-0.3, -0.25) is 0 Å².